The number of thioether (sulfide) groups is 1. The zero-order valence-corrected chi connectivity index (χ0v) is 8.23. The molecule has 0 amide bonds. The Morgan fingerprint density at radius 1 is 1.27 bits per heavy atom. The zero-order chi connectivity index (χ0) is 11.5. The van der Waals surface area contributed by atoms with Gasteiger partial charge in [0.05, 0.1) is 11.3 Å². The molecule has 0 aromatic heterocycles. The third kappa shape index (κ3) is 3.83. The fourth-order valence-electron chi connectivity index (χ4n) is 0.885. The fraction of sp³-hybridized carbons (Fsp3) is 0.222. The number of benzene rings is 1. The van der Waals surface area contributed by atoms with Crippen molar-refractivity contribution < 1.29 is 23.1 Å². The molecule has 1 N–H and O–H groups in total. The van der Waals surface area contributed by atoms with Crippen LogP contribution in [0.5, 0.6) is 0 Å². The molecule has 0 aliphatic carbocycles. The fourth-order valence-corrected chi connectivity index (χ4v) is 1.50. The lowest BCUT2D eigenvalue weighted by Crippen LogP contribution is -2.04. The van der Waals surface area contributed by atoms with Gasteiger partial charge < -0.3 is 5.11 Å². The maximum absolute atomic E-state index is 12.1. The molecule has 82 valence electrons. The maximum Gasteiger partial charge on any atom is 0.416 e. The number of alkyl halides is 3. The minimum atomic E-state index is -4.35. The van der Waals surface area contributed by atoms with Crippen molar-refractivity contribution >= 4 is 17.7 Å². The summed E-state index contributed by atoms with van der Waals surface area (Å²) in [4.78, 5) is 10.7. The second kappa shape index (κ2) is 4.57. The molecule has 0 aliphatic heterocycles. The van der Waals surface area contributed by atoms with Crippen LogP contribution >= 0.6 is 11.8 Å². The number of halogens is 3. The van der Waals surface area contributed by atoms with Gasteiger partial charge in [0.15, 0.2) is 0 Å². The minimum absolute atomic E-state index is 0.161. The maximum atomic E-state index is 12.1. The van der Waals surface area contributed by atoms with Crippen LogP contribution in [0.15, 0.2) is 29.2 Å². The van der Waals surface area contributed by atoms with Crippen molar-refractivity contribution in [3.8, 4) is 0 Å². The van der Waals surface area contributed by atoms with E-state index < -0.39 is 17.7 Å². The predicted octanol–water partition coefficient (Wildman–Crippen LogP) is 2.88. The van der Waals surface area contributed by atoms with Gasteiger partial charge in [-0.15, -0.1) is 11.8 Å². The van der Waals surface area contributed by atoms with E-state index in [1.165, 1.54) is 12.1 Å². The molecule has 6 heteroatoms. The van der Waals surface area contributed by atoms with E-state index in [4.69, 9.17) is 5.11 Å². The molecule has 0 unspecified atom stereocenters. The molecule has 1 aromatic rings. The normalized spacial score (nSPS) is 11.4. The lowest BCUT2D eigenvalue weighted by molar-refractivity contribution is -0.137. The summed E-state index contributed by atoms with van der Waals surface area (Å²) >= 11 is 0.981. The molecule has 0 saturated carbocycles. The third-order valence-corrected chi connectivity index (χ3v) is 2.54. The monoisotopic (exact) mass is 236 g/mol. The molecule has 0 radical (unpaired) electrons. The summed E-state index contributed by atoms with van der Waals surface area (Å²) in [6.45, 7) is 0. The van der Waals surface area contributed by atoms with Crippen LogP contribution in [0.1, 0.15) is 5.56 Å². The highest BCUT2D eigenvalue weighted by Gasteiger charge is 2.29. The van der Waals surface area contributed by atoms with Gasteiger partial charge in [-0.3, -0.25) is 4.79 Å². The van der Waals surface area contributed by atoms with E-state index >= 15 is 0 Å². The minimum Gasteiger partial charge on any atom is -0.481 e. The van der Waals surface area contributed by atoms with Crippen LogP contribution in [-0.4, -0.2) is 16.8 Å². The number of carboxylic acid groups (broad SMARTS) is 1. The molecule has 0 bridgehead atoms. The molecule has 0 heterocycles. The molecule has 1 rings (SSSR count). The number of aliphatic carboxylic acids is 1. The Labute approximate surface area is 88.1 Å². The van der Waals surface area contributed by atoms with Gasteiger partial charge in [0.25, 0.3) is 0 Å². The first kappa shape index (κ1) is 11.9. The quantitative estimate of drug-likeness (QED) is 0.820. The van der Waals surface area contributed by atoms with E-state index in [-0.39, 0.29) is 5.75 Å². The van der Waals surface area contributed by atoms with Gasteiger partial charge in [-0.2, -0.15) is 13.2 Å². The molecule has 0 saturated heterocycles. The first-order valence-electron chi connectivity index (χ1n) is 3.91. The molecule has 0 aliphatic rings. The number of hydrogen-bond acceptors (Lipinski definition) is 2. The summed E-state index contributed by atoms with van der Waals surface area (Å²) in [5.41, 5.74) is -0.734. The topological polar surface area (TPSA) is 37.3 Å². The highest BCUT2D eigenvalue weighted by Crippen LogP contribution is 2.30. The summed E-state index contributed by atoms with van der Waals surface area (Å²) < 4.78 is 36.4. The average Bonchev–Trinajstić information content (AvgIpc) is 2.14. The predicted molar refractivity (Wildman–Crippen MR) is 49.8 cm³/mol. The van der Waals surface area contributed by atoms with Gasteiger partial charge >= 0.3 is 12.1 Å². The van der Waals surface area contributed by atoms with Crippen molar-refractivity contribution in [2.24, 2.45) is 0 Å². The Kier molecular flexibility index (Phi) is 3.62. The summed E-state index contributed by atoms with van der Waals surface area (Å²) in [5.74, 6) is -1.16. The van der Waals surface area contributed by atoms with Gasteiger partial charge in [0, 0.05) is 4.90 Å². The molecule has 0 fully saturated rings. The van der Waals surface area contributed by atoms with Crippen LogP contribution < -0.4 is 0 Å². The molecule has 15 heavy (non-hydrogen) atoms. The van der Waals surface area contributed by atoms with Crippen molar-refractivity contribution in [3.05, 3.63) is 29.8 Å². The Morgan fingerprint density at radius 2 is 1.80 bits per heavy atom. The second-order valence-electron chi connectivity index (χ2n) is 2.70. The van der Waals surface area contributed by atoms with Crippen molar-refractivity contribution in [3.63, 3.8) is 0 Å². The van der Waals surface area contributed by atoms with Crippen LogP contribution in [0.2, 0.25) is 0 Å². The molecule has 0 spiro atoms. The van der Waals surface area contributed by atoms with E-state index in [0.717, 1.165) is 23.9 Å². The number of carboxylic acids is 1. The molecule has 2 nitrogen and oxygen atoms in total. The van der Waals surface area contributed by atoms with Crippen molar-refractivity contribution in [1.82, 2.24) is 0 Å². The molecule has 1 aromatic carbocycles. The highest BCUT2D eigenvalue weighted by atomic mass is 32.2. The number of carbonyl (C=O) groups is 1. The van der Waals surface area contributed by atoms with Crippen LogP contribution in [-0.2, 0) is 11.0 Å². The molecular formula is C9H7F3O2S. The van der Waals surface area contributed by atoms with E-state index in [1.54, 1.807) is 0 Å². The average molecular weight is 236 g/mol. The van der Waals surface area contributed by atoms with Gasteiger partial charge in [-0.05, 0) is 24.3 Å². The van der Waals surface area contributed by atoms with Crippen molar-refractivity contribution in [2.45, 2.75) is 11.1 Å². The van der Waals surface area contributed by atoms with E-state index in [2.05, 4.69) is 0 Å². The van der Waals surface area contributed by atoms with Crippen LogP contribution in [0.4, 0.5) is 13.2 Å². The Morgan fingerprint density at radius 3 is 2.20 bits per heavy atom. The van der Waals surface area contributed by atoms with Gasteiger partial charge in [-0.25, -0.2) is 0 Å². The van der Waals surface area contributed by atoms with Crippen LogP contribution in [0.3, 0.4) is 0 Å². The Hall–Kier alpha value is -1.17. The Bertz CT molecular complexity index is 345. The molecular weight excluding hydrogens is 229 g/mol. The van der Waals surface area contributed by atoms with Gasteiger partial charge in [-0.1, -0.05) is 0 Å². The smallest absolute Gasteiger partial charge is 0.416 e. The standard InChI is InChI=1S/C9H7F3O2S/c10-9(11,12)6-1-3-7(4-2-6)15-5-8(13)14/h1-4H,5H2,(H,13,14). The lowest BCUT2D eigenvalue weighted by atomic mass is 10.2. The number of hydrogen-bond donors (Lipinski definition) is 1. The third-order valence-electron chi connectivity index (χ3n) is 1.54. The van der Waals surface area contributed by atoms with E-state index in [9.17, 15) is 18.0 Å². The second-order valence-corrected chi connectivity index (χ2v) is 3.75. The van der Waals surface area contributed by atoms with Gasteiger partial charge in [0.1, 0.15) is 0 Å². The zero-order valence-electron chi connectivity index (χ0n) is 7.41. The van der Waals surface area contributed by atoms with Crippen LogP contribution in [0.25, 0.3) is 0 Å². The summed E-state index contributed by atoms with van der Waals surface area (Å²) in [6, 6.07) is 4.39. The highest BCUT2D eigenvalue weighted by molar-refractivity contribution is 8.00. The van der Waals surface area contributed by atoms with E-state index in [0.29, 0.717) is 4.90 Å². The summed E-state index contributed by atoms with van der Waals surface area (Å²) in [5, 5.41) is 8.36. The van der Waals surface area contributed by atoms with Crippen molar-refractivity contribution in [2.75, 3.05) is 5.75 Å². The summed E-state index contributed by atoms with van der Waals surface area (Å²) in [7, 11) is 0. The SMILES string of the molecule is O=C(O)CSc1ccc(C(F)(F)F)cc1. The first-order chi connectivity index (χ1) is 6.89. The van der Waals surface area contributed by atoms with Crippen LogP contribution in [0, 0.1) is 0 Å². The first-order valence-corrected chi connectivity index (χ1v) is 4.90. The lowest BCUT2D eigenvalue weighted by Gasteiger charge is -2.06. The summed E-state index contributed by atoms with van der Waals surface area (Å²) in [6.07, 6.45) is -4.35. The van der Waals surface area contributed by atoms with Gasteiger partial charge in [0.2, 0.25) is 0 Å². The van der Waals surface area contributed by atoms with Crippen molar-refractivity contribution in [1.29, 1.82) is 0 Å². The Balaban J connectivity index is 2.69. The largest absolute Gasteiger partial charge is 0.481 e. The van der Waals surface area contributed by atoms with E-state index in [1.807, 2.05) is 0 Å². The number of rotatable bonds is 3. The molecule has 0 atom stereocenters.